The van der Waals surface area contributed by atoms with E-state index in [4.69, 9.17) is 4.74 Å². The van der Waals surface area contributed by atoms with E-state index in [9.17, 15) is 4.79 Å². The molecule has 1 aliphatic rings. The zero-order chi connectivity index (χ0) is 16.1. The molecule has 0 aliphatic heterocycles. The summed E-state index contributed by atoms with van der Waals surface area (Å²) in [6, 6.07) is 8.55. The van der Waals surface area contributed by atoms with Crippen LogP contribution in [0, 0.1) is 0 Å². The van der Waals surface area contributed by atoms with Crippen molar-refractivity contribution < 1.29 is 9.53 Å². The Balaban J connectivity index is 2.00. The fourth-order valence-electron chi connectivity index (χ4n) is 3.37. The van der Waals surface area contributed by atoms with Crippen LogP contribution in [0.4, 0.5) is 0 Å². The lowest BCUT2D eigenvalue weighted by atomic mass is 9.88. The number of benzene rings is 1. The SMILES string of the molecule is COc1ccc(CC(=O)N(C)C2CCCCC2N(C)C)cc1. The van der Waals surface area contributed by atoms with Crippen LogP contribution in [0.25, 0.3) is 0 Å². The van der Waals surface area contributed by atoms with E-state index in [2.05, 4.69) is 19.0 Å². The molecule has 0 spiro atoms. The Hall–Kier alpha value is -1.55. The molecule has 1 aliphatic carbocycles. The van der Waals surface area contributed by atoms with Crippen molar-refractivity contribution in [3.63, 3.8) is 0 Å². The van der Waals surface area contributed by atoms with Crippen LogP contribution in [0.1, 0.15) is 31.2 Å². The van der Waals surface area contributed by atoms with Gasteiger partial charge in [0, 0.05) is 19.1 Å². The number of ether oxygens (including phenoxy) is 1. The maximum atomic E-state index is 12.6. The highest BCUT2D eigenvalue weighted by atomic mass is 16.5. The quantitative estimate of drug-likeness (QED) is 0.838. The molecule has 1 saturated carbocycles. The van der Waals surface area contributed by atoms with Crippen molar-refractivity contribution in [2.45, 2.75) is 44.2 Å². The monoisotopic (exact) mass is 304 g/mol. The fraction of sp³-hybridized carbons (Fsp3) is 0.611. The fourth-order valence-corrected chi connectivity index (χ4v) is 3.37. The van der Waals surface area contributed by atoms with Crippen molar-refractivity contribution in [1.82, 2.24) is 9.80 Å². The first-order chi connectivity index (χ1) is 10.5. The molecule has 22 heavy (non-hydrogen) atoms. The van der Waals surface area contributed by atoms with Gasteiger partial charge >= 0.3 is 0 Å². The predicted molar refractivity (Wildman–Crippen MR) is 89.2 cm³/mol. The molecule has 4 heteroatoms. The van der Waals surface area contributed by atoms with Gasteiger partial charge in [0.2, 0.25) is 5.91 Å². The number of methoxy groups -OCH3 is 1. The van der Waals surface area contributed by atoms with Crippen LogP contribution in [-0.4, -0.2) is 56.0 Å². The summed E-state index contributed by atoms with van der Waals surface area (Å²) in [6.07, 6.45) is 5.22. The average molecular weight is 304 g/mol. The molecule has 0 saturated heterocycles. The normalized spacial score (nSPS) is 21.7. The number of hydrogen-bond donors (Lipinski definition) is 0. The maximum absolute atomic E-state index is 12.6. The van der Waals surface area contributed by atoms with Crippen molar-refractivity contribution in [2.75, 3.05) is 28.3 Å². The minimum absolute atomic E-state index is 0.198. The summed E-state index contributed by atoms with van der Waals surface area (Å²) in [5.41, 5.74) is 1.04. The van der Waals surface area contributed by atoms with Crippen molar-refractivity contribution in [2.24, 2.45) is 0 Å². The van der Waals surface area contributed by atoms with Gasteiger partial charge in [-0.05, 0) is 44.6 Å². The molecular weight excluding hydrogens is 276 g/mol. The van der Waals surface area contributed by atoms with Gasteiger partial charge in [0.15, 0.2) is 0 Å². The molecule has 2 rings (SSSR count). The molecule has 0 bridgehead atoms. The van der Waals surface area contributed by atoms with Gasteiger partial charge in [0.25, 0.3) is 0 Å². The first kappa shape index (κ1) is 16.8. The molecule has 0 aromatic heterocycles. The summed E-state index contributed by atoms with van der Waals surface area (Å²) in [5.74, 6) is 1.02. The third-order valence-corrected chi connectivity index (χ3v) is 4.76. The molecule has 0 heterocycles. The van der Waals surface area contributed by atoms with Crippen LogP contribution < -0.4 is 4.74 Å². The second-order valence-electron chi connectivity index (χ2n) is 6.41. The summed E-state index contributed by atoms with van der Waals surface area (Å²) in [5, 5.41) is 0. The van der Waals surface area contributed by atoms with E-state index in [-0.39, 0.29) is 5.91 Å². The number of carbonyl (C=O) groups is 1. The van der Waals surface area contributed by atoms with Gasteiger partial charge in [-0.1, -0.05) is 25.0 Å². The maximum Gasteiger partial charge on any atom is 0.227 e. The average Bonchev–Trinajstić information content (AvgIpc) is 2.54. The van der Waals surface area contributed by atoms with E-state index >= 15 is 0 Å². The highest BCUT2D eigenvalue weighted by molar-refractivity contribution is 5.79. The lowest BCUT2D eigenvalue weighted by Crippen LogP contribution is -2.52. The number of amides is 1. The van der Waals surface area contributed by atoms with Crippen LogP contribution in [0.3, 0.4) is 0 Å². The van der Waals surface area contributed by atoms with E-state index in [0.717, 1.165) is 17.7 Å². The topological polar surface area (TPSA) is 32.8 Å². The zero-order valence-corrected chi connectivity index (χ0v) is 14.2. The third-order valence-electron chi connectivity index (χ3n) is 4.76. The van der Waals surface area contributed by atoms with Crippen LogP contribution >= 0.6 is 0 Å². The smallest absolute Gasteiger partial charge is 0.227 e. The number of rotatable bonds is 5. The Kier molecular flexibility index (Phi) is 5.83. The minimum atomic E-state index is 0.198. The van der Waals surface area contributed by atoms with E-state index in [1.165, 1.54) is 19.3 Å². The van der Waals surface area contributed by atoms with Crippen LogP contribution in [0.15, 0.2) is 24.3 Å². The highest BCUT2D eigenvalue weighted by Crippen LogP contribution is 2.26. The zero-order valence-electron chi connectivity index (χ0n) is 14.2. The molecule has 0 radical (unpaired) electrons. The largest absolute Gasteiger partial charge is 0.497 e. The van der Waals surface area contributed by atoms with Gasteiger partial charge in [0.1, 0.15) is 5.75 Å². The number of hydrogen-bond acceptors (Lipinski definition) is 3. The minimum Gasteiger partial charge on any atom is -0.497 e. The van der Waals surface area contributed by atoms with Gasteiger partial charge in [0.05, 0.1) is 13.5 Å². The number of nitrogens with zero attached hydrogens (tertiary/aromatic N) is 2. The Morgan fingerprint density at radius 2 is 1.68 bits per heavy atom. The van der Waals surface area contributed by atoms with Crippen molar-refractivity contribution in [3.8, 4) is 5.75 Å². The summed E-state index contributed by atoms with van der Waals surface area (Å²) in [6.45, 7) is 0. The highest BCUT2D eigenvalue weighted by Gasteiger charge is 2.31. The van der Waals surface area contributed by atoms with E-state index in [1.54, 1.807) is 7.11 Å². The first-order valence-corrected chi connectivity index (χ1v) is 8.08. The molecule has 2 unspecified atom stereocenters. The summed E-state index contributed by atoms with van der Waals surface area (Å²) in [4.78, 5) is 16.8. The lowest BCUT2D eigenvalue weighted by molar-refractivity contribution is -0.133. The Labute approximate surface area is 134 Å². The van der Waals surface area contributed by atoms with Gasteiger partial charge in [-0.3, -0.25) is 4.79 Å². The summed E-state index contributed by atoms with van der Waals surface area (Å²) < 4.78 is 5.16. The predicted octanol–water partition coefficient (Wildman–Crippen LogP) is 2.57. The second kappa shape index (κ2) is 7.63. The van der Waals surface area contributed by atoms with Crippen molar-refractivity contribution in [1.29, 1.82) is 0 Å². The third kappa shape index (κ3) is 4.01. The molecule has 1 amide bonds. The van der Waals surface area contributed by atoms with Crippen LogP contribution in [-0.2, 0) is 11.2 Å². The molecule has 1 aromatic rings. The molecule has 2 atom stereocenters. The van der Waals surface area contributed by atoms with E-state index in [1.807, 2.05) is 36.2 Å². The molecule has 1 fully saturated rings. The lowest BCUT2D eigenvalue weighted by Gasteiger charge is -2.41. The summed E-state index contributed by atoms with van der Waals surface area (Å²) >= 11 is 0. The Morgan fingerprint density at radius 3 is 2.23 bits per heavy atom. The van der Waals surface area contributed by atoms with Crippen molar-refractivity contribution in [3.05, 3.63) is 29.8 Å². The van der Waals surface area contributed by atoms with Gasteiger partial charge in [-0.25, -0.2) is 0 Å². The molecule has 4 nitrogen and oxygen atoms in total. The number of likely N-dealkylation sites (N-methyl/N-ethyl adjacent to an activating group) is 2. The molecule has 0 N–H and O–H groups in total. The Bertz CT molecular complexity index is 484. The molecular formula is C18H28N2O2. The molecule has 122 valence electrons. The van der Waals surface area contributed by atoms with E-state index in [0.29, 0.717) is 18.5 Å². The van der Waals surface area contributed by atoms with Crippen molar-refractivity contribution >= 4 is 5.91 Å². The van der Waals surface area contributed by atoms with Gasteiger partial charge in [-0.15, -0.1) is 0 Å². The van der Waals surface area contributed by atoms with Gasteiger partial charge < -0.3 is 14.5 Å². The van der Waals surface area contributed by atoms with Gasteiger partial charge in [-0.2, -0.15) is 0 Å². The molecule has 1 aromatic carbocycles. The Morgan fingerprint density at radius 1 is 1.09 bits per heavy atom. The van der Waals surface area contributed by atoms with Crippen LogP contribution in [0.2, 0.25) is 0 Å². The summed E-state index contributed by atoms with van der Waals surface area (Å²) in [7, 11) is 7.84. The standard InChI is InChI=1S/C18H28N2O2/c1-19(2)16-7-5-6-8-17(16)20(3)18(21)13-14-9-11-15(22-4)12-10-14/h9-12,16-17H,5-8,13H2,1-4H3. The van der Waals surface area contributed by atoms with Crippen LogP contribution in [0.5, 0.6) is 5.75 Å². The first-order valence-electron chi connectivity index (χ1n) is 8.08. The number of carbonyl (C=O) groups excluding carboxylic acids is 1. The van der Waals surface area contributed by atoms with E-state index < -0.39 is 0 Å². The second-order valence-corrected chi connectivity index (χ2v) is 6.41.